The van der Waals surface area contributed by atoms with Gasteiger partial charge in [0.05, 0.1) is 53.8 Å². The summed E-state index contributed by atoms with van der Waals surface area (Å²) in [7, 11) is 5.38. The number of hydrogen-bond acceptors (Lipinski definition) is 18. The fraction of sp³-hybridized carbons (Fsp3) is 0.788. The van der Waals surface area contributed by atoms with Crippen molar-refractivity contribution in [2.45, 2.75) is 198 Å². The third kappa shape index (κ3) is 13.6. The first-order valence-electron chi connectivity index (χ1n) is 25.7. The lowest BCUT2D eigenvalue weighted by Crippen LogP contribution is -2.59. The lowest BCUT2D eigenvalue weighted by molar-refractivity contribution is -0.308. The van der Waals surface area contributed by atoms with Gasteiger partial charge in [0, 0.05) is 63.5 Å². The summed E-state index contributed by atoms with van der Waals surface area (Å²) in [4.78, 5) is 32.5. The number of methoxy groups -OCH3 is 1. The lowest BCUT2D eigenvalue weighted by Gasteiger charge is -2.48. The van der Waals surface area contributed by atoms with Crippen LogP contribution < -0.4 is 9.64 Å². The zero-order valence-corrected chi connectivity index (χ0v) is 44.6. The standard InChI is InChI=1S/C52H83FN4O15/c1-14-40-52(10,63)45(58)33(6)56(12)26-29(2)24-50(8,62)47(31(4)44(32(5)48(60)69-40)70-43-25-51(9,64-13)46(59)34(7)67-43)71-42-22-37(20-30(3)66-42)55(11)19-18-38-23-41(54-72-38)65-28-39-27-57(49(61)68-39)36-17-15-16-35(53)21-36/h15-17,21,23,29-34,37,39-40,42-47,58-59,62-63H,14,18-20,22,24-28H2,1-13H3/t29-,30-,31+,32-,33-,34+,37+,39?,40-,42+,43+,44+,45-,46+,47-,50-,51-,52-/m1/s1. The molecule has 2 aromatic rings. The smallest absolute Gasteiger partial charge is 0.414 e. The van der Waals surface area contributed by atoms with Crippen molar-refractivity contribution < 1.29 is 76.8 Å². The number of carbonyl (C=O) groups is 2. The Kier molecular flexibility index (Phi) is 19.2. The summed E-state index contributed by atoms with van der Waals surface area (Å²) >= 11 is 0. The van der Waals surface area contributed by atoms with E-state index in [4.69, 9.17) is 42.4 Å². The summed E-state index contributed by atoms with van der Waals surface area (Å²) in [6.45, 7) is 19.1. The zero-order valence-electron chi connectivity index (χ0n) is 44.6. The third-order valence-electron chi connectivity index (χ3n) is 15.7. The van der Waals surface area contributed by atoms with Gasteiger partial charge >= 0.3 is 12.1 Å². The normalized spacial score (nSPS) is 40.1. The number of aliphatic hydroxyl groups is 4. The molecule has 6 rings (SSSR count). The van der Waals surface area contributed by atoms with Gasteiger partial charge in [-0.05, 0) is 111 Å². The number of aromatic nitrogens is 1. The fourth-order valence-electron chi connectivity index (χ4n) is 11.2. The van der Waals surface area contributed by atoms with Gasteiger partial charge in [0.25, 0.3) is 5.88 Å². The summed E-state index contributed by atoms with van der Waals surface area (Å²) in [6.07, 6.45) is -7.01. The fourth-order valence-corrected chi connectivity index (χ4v) is 11.2. The topological polar surface area (TPSA) is 225 Å². The van der Waals surface area contributed by atoms with Crippen molar-refractivity contribution in [3.8, 4) is 5.88 Å². The number of hydrogen-bond donors (Lipinski definition) is 4. The third-order valence-corrected chi connectivity index (χ3v) is 15.7. The van der Waals surface area contributed by atoms with Crippen LogP contribution in [0.2, 0.25) is 0 Å². The lowest BCUT2D eigenvalue weighted by atomic mass is 9.77. The quantitative estimate of drug-likeness (QED) is 0.181. The predicted molar refractivity (Wildman–Crippen MR) is 261 cm³/mol. The molecule has 408 valence electrons. The maximum atomic E-state index is 14.5. The summed E-state index contributed by atoms with van der Waals surface area (Å²) in [6, 6.07) is 6.86. The van der Waals surface area contributed by atoms with Crippen molar-refractivity contribution in [2.24, 2.45) is 17.8 Å². The van der Waals surface area contributed by atoms with Gasteiger partial charge in [-0.15, -0.1) is 0 Å². The van der Waals surface area contributed by atoms with Crippen molar-refractivity contribution in [1.29, 1.82) is 0 Å². The molecule has 0 spiro atoms. The highest BCUT2D eigenvalue weighted by molar-refractivity contribution is 5.89. The van der Waals surface area contributed by atoms with Crippen molar-refractivity contribution >= 4 is 17.7 Å². The molecule has 19 nitrogen and oxygen atoms in total. The molecule has 0 aliphatic carbocycles. The van der Waals surface area contributed by atoms with Gasteiger partial charge < -0.3 is 72.6 Å². The molecule has 5 heterocycles. The van der Waals surface area contributed by atoms with Crippen LogP contribution in [0, 0.1) is 23.6 Å². The van der Waals surface area contributed by atoms with Gasteiger partial charge in [-0.2, -0.15) is 0 Å². The number of benzene rings is 1. The Balaban J connectivity index is 1.19. The molecule has 4 aliphatic heterocycles. The average Bonchev–Trinajstić information content (AvgIpc) is 3.95. The maximum Gasteiger partial charge on any atom is 0.414 e. The highest BCUT2D eigenvalue weighted by atomic mass is 19.1. The van der Waals surface area contributed by atoms with Gasteiger partial charge in [0.1, 0.15) is 42.1 Å². The number of amides is 1. The van der Waals surface area contributed by atoms with Crippen molar-refractivity contribution in [1.82, 2.24) is 15.0 Å². The molecule has 1 aromatic carbocycles. The Bertz CT molecular complexity index is 2080. The Labute approximate surface area is 424 Å². The van der Waals surface area contributed by atoms with Crippen LogP contribution in [0.1, 0.15) is 107 Å². The van der Waals surface area contributed by atoms with E-state index in [1.54, 1.807) is 46.8 Å². The highest BCUT2D eigenvalue weighted by Crippen LogP contribution is 2.40. The molecule has 0 bridgehead atoms. The van der Waals surface area contributed by atoms with Crippen LogP contribution >= 0.6 is 0 Å². The molecule has 4 aliphatic rings. The summed E-state index contributed by atoms with van der Waals surface area (Å²) in [5.74, 6) is -2.21. The number of cyclic esters (lactones) is 2. The maximum absolute atomic E-state index is 14.5. The van der Waals surface area contributed by atoms with Crippen LogP contribution in [-0.4, -0.2) is 185 Å². The number of aliphatic hydroxyl groups excluding tert-OH is 2. The Hall–Kier alpha value is -3.54. The molecule has 18 atom stereocenters. The van der Waals surface area contributed by atoms with Crippen LogP contribution in [0.15, 0.2) is 34.9 Å². The van der Waals surface area contributed by atoms with Crippen LogP contribution in [0.25, 0.3) is 0 Å². The Morgan fingerprint density at radius 3 is 2.33 bits per heavy atom. The molecule has 20 heteroatoms. The molecule has 1 aromatic heterocycles. The number of rotatable bonds is 14. The van der Waals surface area contributed by atoms with Crippen LogP contribution in [0.4, 0.5) is 14.9 Å². The van der Waals surface area contributed by atoms with Gasteiger partial charge in [-0.25, -0.2) is 9.18 Å². The Morgan fingerprint density at radius 2 is 1.65 bits per heavy atom. The number of ether oxygens (including phenoxy) is 8. The van der Waals surface area contributed by atoms with E-state index in [1.807, 2.05) is 46.7 Å². The van der Waals surface area contributed by atoms with Crippen LogP contribution in [0.5, 0.6) is 5.88 Å². The number of anilines is 1. The number of halogens is 1. The van der Waals surface area contributed by atoms with Gasteiger partial charge in [-0.3, -0.25) is 9.69 Å². The molecule has 4 saturated heterocycles. The van der Waals surface area contributed by atoms with E-state index in [1.165, 1.54) is 37.1 Å². The molecule has 1 amide bonds. The largest absolute Gasteiger partial charge is 0.471 e. The van der Waals surface area contributed by atoms with Gasteiger partial charge in [0.2, 0.25) is 0 Å². The molecular weight excluding hydrogens is 940 g/mol. The van der Waals surface area contributed by atoms with Gasteiger partial charge in [-0.1, -0.05) is 26.8 Å². The van der Waals surface area contributed by atoms with E-state index < -0.39 is 108 Å². The van der Waals surface area contributed by atoms with Crippen LogP contribution in [-0.2, 0) is 44.4 Å². The Morgan fingerprint density at radius 1 is 0.931 bits per heavy atom. The second-order valence-corrected chi connectivity index (χ2v) is 21.9. The van der Waals surface area contributed by atoms with Crippen molar-refractivity contribution in [3.63, 3.8) is 0 Å². The number of carbonyl (C=O) groups excluding carboxylic acids is 2. The average molecular weight is 1020 g/mol. The first-order valence-corrected chi connectivity index (χ1v) is 25.7. The summed E-state index contributed by atoms with van der Waals surface area (Å²) in [5.41, 5.74) is -4.01. The summed E-state index contributed by atoms with van der Waals surface area (Å²) in [5, 5.41) is 51.5. The molecule has 4 N–H and O–H groups in total. The zero-order chi connectivity index (χ0) is 53.0. The first-order chi connectivity index (χ1) is 33.8. The number of esters is 1. The predicted octanol–water partition coefficient (Wildman–Crippen LogP) is 5.07. The molecule has 72 heavy (non-hydrogen) atoms. The number of likely N-dealkylation sites (N-methyl/N-ethyl adjacent to an activating group) is 2. The first kappa shape index (κ1) is 57.7. The monoisotopic (exact) mass is 1020 g/mol. The molecular formula is C52H83FN4O15. The highest BCUT2D eigenvalue weighted by Gasteiger charge is 2.52. The minimum absolute atomic E-state index is 0.0199. The summed E-state index contributed by atoms with van der Waals surface area (Å²) < 4.78 is 69.2. The second kappa shape index (κ2) is 24.0. The van der Waals surface area contributed by atoms with E-state index in [0.29, 0.717) is 43.8 Å². The second-order valence-electron chi connectivity index (χ2n) is 21.9. The molecule has 4 fully saturated rings. The minimum Gasteiger partial charge on any atom is -0.471 e. The van der Waals surface area contributed by atoms with Crippen molar-refractivity contribution in [3.05, 3.63) is 41.9 Å². The molecule has 1 unspecified atom stereocenters. The van der Waals surface area contributed by atoms with E-state index in [2.05, 4.69) is 10.1 Å². The van der Waals surface area contributed by atoms with E-state index in [-0.39, 0.29) is 56.4 Å². The SMILES string of the molecule is CC[C@H]1OC(=O)[C@H](C)[C@@H](O[C@H]2C[C@@](C)(OC)[C@@H](O)[C@H](C)O2)[C@H](C)[C@@H](O[C@H]2C[C@@H](N(C)CCc3cc(OCC4CN(c5cccc(F)c5)C(=O)O4)no3)C[C@@H](C)O2)[C@](C)(O)C[C@@H](C)CN(C)[C@H](C)[C@@H](O)[C@]1(C)O. The van der Waals surface area contributed by atoms with Crippen molar-refractivity contribution in [2.75, 3.05) is 52.3 Å². The van der Waals surface area contributed by atoms with E-state index in [9.17, 15) is 34.4 Å². The minimum atomic E-state index is -1.82. The van der Waals surface area contributed by atoms with E-state index >= 15 is 0 Å². The number of nitrogens with zero attached hydrogens (tertiary/aromatic N) is 4. The molecule has 0 radical (unpaired) electrons. The molecule has 0 saturated carbocycles. The van der Waals surface area contributed by atoms with Gasteiger partial charge in [0.15, 0.2) is 18.7 Å². The van der Waals surface area contributed by atoms with E-state index in [0.717, 1.165) is 0 Å². The van der Waals surface area contributed by atoms with Crippen LogP contribution in [0.3, 0.4) is 0 Å².